The molecule has 0 spiro atoms. The minimum Gasteiger partial charge on any atom is -0.298 e. The first-order chi connectivity index (χ1) is 11.2. The van der Waals surface area contributed by atoms with Gasteiger partial charge in [-0.25, -0.2) is 0 Å². The Balaban J connectivity index is 1.90. The number of hydrogen-bond donors (Lipinski definition) is 1. The zero-order valence-corrected chi connectivity index (χ0v) is 12.4. The highest BCUT2D eigenvalue weighted by molar-refractivity contribution is 7.99. The van der Waals surface area contributed by atoms with Crippen LogP contribution in [0.4, 0.5) is 5.69 Å². The van der Waals surface area contributed by atoms with Crippen molar-refractivity contribution in [3.8, 4) is 11.5 Å². The molecule has 0 fully saturated rings. The van der Waals surface area contributed by atoms with E-state index in [4.69, 9.17) is 0 Å². The van der Waals surface area contributed by atoms with Crippen LogP contribution >= 0.6 is 11.8 Å². The van der Waals surface area contributed by atoms with Crippen molar-refractivity contribution in [2.24, 2.45) is 0 Å². The summed E-state index contributed by atoms with van der Waals surface area (Å²) < 4.78 is 0. The normalized spacial score (nSPS) is 10.4. The summed E-state index contributed by atoms with van der Waals surface area (Å²) in [6.07, 6.45) is 2.20. The van der Waals surface area contributed by atoms with Crippen molar-refractivity contribution >= 4 is 23.7 Å². The summed E-state index contributed by atoms with van der Waals surface area (Å²) in [5.41, 5.74) is 0.701. The summed E-state index contributed by atoms with van der Waals surface area (Å²) in [4.78, 5) is 30.1. The van der Waals surface area contributed by atoms with E-state index < -0.39 is 4.92 Å². The van der Waals surface area contributed by atoms with Crippen molar-refractivity contribution < 1.29 is 9.72 Å². The van der Waals surface area contributed by atoms with Gasteiger partial charge in [0.15, 0.2) is 5.82 Å². The second-order valence-electron chi connectivity index (χ2n) is 4.39. The fourth-order valence-corrected chi connectivity index (χ4v) is 2.64. The predicted octanol–water partition coefficient (Wildman–Crippen LogP) is 2.74. The average molecular weight is 327 g/mol. The third-order valence-corrected chi connectivity index (χ3v) is 3.82. The maximum Gasteiger partial charge on any atom is 0.284 e. The zero-order valence-electron chi connectivity index (χ0n) is 11.5. The Hall–Kier alpha value is -3.07. The topological polar surface area (TPSA) is 115 Å². The number of aromatic nitrogens is 4. The number of carbonyl (C=O) groups excluding carboxylic acids is 1. The van der Waals surface area contributed by atoms with E-state index in [9.17, 15) is 14.9 Å². The van der Waals surface area contributed by atoms with Crippen LogP contribution in [0.1, 0.15) is 10.4 Å². The largest absolute Gasteiger partial charge is 0.298 e. The number of nitrogens with zero attached hydrogens (tertiary/aromatic N) is 4. The number of carbonyl (C=O) groups is 1. The fraction of sp³-hybridized carbons (Fsp3) is 0. The van der Waals surface area contributed by atoms with E-state index in [1.165, 1.54) is 18.2 Å². The molecule has 3 rings (SSSR count). The molecule has 0 bridgehead atoms. The second-order valence-corrected chi connectivity index (χ2v) is 5.39. The highest BCUT2D eigenvalue weighted by atomic mass is 32.2. The third-order valence-electron chi connectivity index (χ3n) is 2.89. The van der Waals surface area contributed by atoms with Gasteiger partial charge in [-0.2, -0.15) is 4.98 Å². The summed E-state index contributed by atoms with van der Waals surface area (Å²) >= 11 is 1.04. The van der Waals surface area contributed by atoms with Crippen LogP contribution < -0.4 is 0 Å². The molecule has 1 N–H and O–H groups in total. The van der Waals surface area contributed by atoms with Gasteiger partial charge in [-0.1, -0.05) is 12.1 Å². The van der Waals surface area contributed by atoms with Crippen molar-refractivity contribution in [2.45, 2.75) is 10.1 Å². The van der Waals surface area contributed by atoms with Crippen molar-refractivity contribution in [1.29, 1.82) is 0 Å². The molecule has 0 atom stereocenters. The molecule has 0 saturated heterocycles. The summed E-state index contributed by atoms with van der Waals surface area (Å²) in [6, 6.07) is 9.62. The molecule has 0 amide bonds. The number of aromatic amines is 1. The molecule has 2 heterocycles. The fourth-order valence-electron chi connectivity index (χ4n) is 1.84. The summed E-state index contributed by atoms with van der Waals surface area (Å²) in [5.74, 6) is 0.472. The number of nitrogens with one attached hydrogen (secondary N) is 1. The van der Waals surface area contributed by atoms with E-state index in [1.54, 1.807) is 18.3 Å². The van der Waals surface area contributed by atoms with E-state index >= 15 is 0 Å². The molecule has 114 valence electrons. The summed E-state index contributed by atoms with van der Waals surface area (Å²) in [5, 5.41) is 18.2. The standard InChI is InChI=1S/C14H9N5O3S/c20-8-9-4-5-12(11(7-9)19(21)22)23-14-16-13(17-18-14)10-3-1-2-6-15-10/h1-8H,(H,16,17,18). The van der Waals surface area contributed by atoms with Crippen molar-refractivity contribution in [3.63, 3.8) is 0 Å². The molecular weight excluding hydrogens is 318 g/mol. The van der Waals surface area contributed by atoms with Gasteiger partial charge in [-0.05, 0) is 30.0 Å². The van der Waals surface area contributed by atoms with Gasteiger partial charge >= 0.3 is 0 Å². The first kappa shape index (κ1) is 14.9. The van der Waals surface area contributed by atoms with Gasteiger partial charge in [0.05, 0.1) is 9.82 Å². The van der Waals surface area contributed by atoms with Crippen LogP contribution in [0.2, 0.25) is 0 Å². The highest BCUT2D eigenvalue weighted by Crippen LogP contribution is 2.33. The quantitative estimate of drug-likeness (QED) is 0.435. The van der Waals surface area contributed by atoms with Crippen molar-refractivity contribution in [3.05, 3.63) is 58.3 Å². The maximum absolute atomic E-state index is 11.1. The number of pyridine rings is 1. The van der Waals surface area contributed by atoms with Crippen LogP contribution in [0.15, 0.2) is 52.6 Å². The smallest absolute Gasteiger partial charge is 0.284 e. The second kappa shape index (κ2) is 6.36. The van der Waals surface area contributed by atoms with Gasteiger partial charge in [0.2, 0.25) is 5.16 Å². The van der Waals surface area contributed by atoms with Gasteiger partial charge in [0.25, 0.3) is 5.69 Å². The molecule has 0 saturated carbocycles. The average Bonchev–Trinajstić information content (AvgIpc) is 3.04. The monoisotopic (exact) mass is 327 g/mol. The van der Waals surface area contributed by atoms with Gasteiger partial charge < -0.3 is 0 Å². The Morgan fingerprint density at radius 3 is 2.83 bits per heavy atom. The molecule has 1 aromatic carbocycles. The van der Waals surface area contributed by atoms with Crippen molar-refractivity contribution in [2.75, 3.05) is 0 Å². The Labute approximate surface area is 134 Å². The Morgan fingerprint density at radius 2 is 2.13 bits per heavy atom. The number of nitro benzene ring substituents is 1. The molecule has 2 aromatic heterocycles. The molecule has 8 nitrogen and oxygen atoms in total. The van der Waals surface area contributed by atoms with Gasteiger partial charge in [0.1, 0.15) is 12.0 Å². The third kappa shape index (κ3) is 3.24. The Morgan fingerprint density at radius 1 is 1.26 bits per heavy atom. The number of rotatable bonds is 5. The van der Waals surface area contributed by atoms with E-state index in [2.05, 4.69) is 20.2 Å². The lowest BCUT2D eigenvalue weighted by atomic mass is 10.2. The Kier molecular flexibility index (Phi) is 4.11. The molecule has 0 aliphatic rings. The van der Waals surface area contributed by atoms with E-state index in [-0.39, 0.29) is 11.3 Å². The number of H-pyrrole nitrogens is 1. The lowest BCUT2D eigenvalue weighted by molar-refractivity contribution is -0.387. The van der Waals surface area contributed by atoms with Crippen LogP contribution in [0, 0.1) is 10.1 Å². The number of benzene rings is 1. The van der Waals surface area contributed by atoms with Crippen molar-refractivity contribution in [1.82, 2.24) is 20.2 Å². The van der Waals surface area contributed by atoms with Gasteiger partial charge in [-0.3, -0.25) is 25.0 Å². The van der Waals surface area contributed by atoms with Gasteiger partial charge in [-0.15, -0.1) is 5.10 Å². The number of aldehydes is 1. The lowest BCUT2D eigenvalue weighted by Crippen LogP contribution is -1.93. The molecule has 0 radical (unpaired) electrons. The van der Waals surface area contributed by atoms with Crippen LogP contribution in [-0.2, 0) is 0 Å². The van der Waals surface area contributed by atoms with Crippen LogP contribution in [-0.4, -0.2) is 31.4 Å². The number of nitro groups is 1. The zero-order chi connectivity index (χ0) is 16.2. The predicted molar refractivity (Wildman–Crippen MR) is 82.2 cm³/mol. The summed E-state index contributed by atoms with van der Waals surface area (Å²) in [6.45, 7) is 0. The minimum absolute atomic E-state index is 0.163. The van der Waals surface area contributed by atoms with Gasteiger partial charge in [0, 0.05) is 17.8 Å². The SMILES string of the molecule is O=Cc1ccc(Sc2n[nH]c(-c3ccccn3)n2)c([N+](=O)[O-])c1. The van der Waals surface area contributed by atoms with E-state index in [1.807, 2.05) is 6.07 Å². The van der Waals surface area contributed by atoms with Crippen LogP contribution in [0.5, 0.6) is 0 Å². The molecule has 0 aliphatic heterocycles. The van der Waals surface area contributed by atoms with Crippen LogP contribution in [0.3, 0.4) is 0 Å². The van der Waals surface area contributed by atoms with Crippen LogP contribution in [0.25, 0.3) is 11.5 Å². The summed E-state index contributed by atoms with van der Waals surface area (Å²) in [7, 11) is 0. The van der Waals surface area contributed by atoms with E-state index in [0.717, 1.165) is 11.8 Å². The molecule has 23 heavy (non-hydrogen) atoms. The lowest BCUT2D eigenvalue weighted by Gasteiger charge is -2.00. The minimum atomic E-state index is -0.540. The maximum atomic E-state index is 11.1. The first-order valence-electron chi connectivity index (χ1n) is 6.42. The highest BCUT2D eigenvalue weighted by Gasteiger charge is 2.18. The molecule has 9 heteroatoms. The molecule has 0 aliphatic carbocycles. The van der Waals surface area contributed by atoms with E-state index in [0.29, 0.717) is 27.9 Å². The molecular formula is C14H9N5O3S. The molecule has 0 unspecified atom stereocenters. The Bertz CT molecular complexity index is 866. The number of hydrogen-bond acceptors (Lipinski definition) is 7. The molecule has 3 aromatic rings. The first-order valence-corrected chi connectivity index (χ1v) is 7.24.